The molecule has 0 spiro atoms. The van der Waals surface area contributed by atoms with Crippen molar-refractivity contribution in [2.24, 2.45) is 11.7 Å². The Bertz CT molecular complexity index is 825. The van der Waals surface area contributed by atoms with E-state index in [1.54, 1.807) is 13.8 Å². The van der Waals surface area contributed by atoms with Crippen molar-refractivity contribution in [1.82, 2.24) is 16.0 Å². The number of rotatable bonds is 16. The van der Waals surface area contributed by atoms with Crippen LogP contribution in [-0.4, -0.2) is 77.0 Å². The first-order valence-corrected chi connectivity index (χ1v) is 14.3. The number of amides is 3. The van der Waals surface area contributed by atoms with Crippen molar-refractivity contribution in [2.45, 2.75) is 57.3 Å². The van der Waals surface area contributed by atoms with Gasteiger partial charge in [0.15, 0.2) is 0 Å². The highest BCUT2D eigenvalue weighted by Crippen LogP contribution is 2.09. The number of carboxylic acids is 1. The molecule has 1 rings (SSSR count). The molecule has 196 valence electrons. The summed E-state index contributed by atoms with van der Waals surface area (Å²) in [7, 11) is 0. The summed E-state index contributed by atoms with van der Waals surface area (Å²) in [6.45, 7) is 3.51. The number of aliphatic carboxylic acids is 1. The molecule has 3 amide bonds. The predicted molar refractivity (Wildman–Crippen MR) is 142 cm³/mol. The molecule has 11 heteroatoms. The first kappa shape index (κ1) is 30.8. The van der Waals surface area contributed by atoms with Gasteiger partial charge in [0, 0.05) is 0 Å². The fourth-order valence-corrected chi connectivity index (χ4v) is 4.23. The van der Waals surface area contributed by atoms with Gasteiger partial charge in [-0.15, -0.1) is 0 Å². The van der Waals surface area contributed by atoms with E-state index < -0.39 is 47.9 Å². The Labute approximate surface area is 216 Å². The number of nitrogens with one attached hydrogen (secondary N) is 3. The Morgan fingerprint density at radius 2 is 1.40 bits per heavy atom. The van der Waals surface area contributed by atoms with Crippen molar-refractivity contribution < 1.29 is 24.3 Å². The zero-order chi connectivity index (χ0) is 26.4. The molecule has 0 aliphatic rings. The summed E-state index contributed by atoms with van der Waals surface area (Å²) in [5.41, 5.74) is 6.99. The Morgan fingerprint density at radius 1 is 0.857 bits per heavy atom. The lowest BCUT2D eigenvalue weighted by Crippen LogP contribution is -2.58. The SMILES string of the molecule is CSCCC(NC(=O)C(NC(=O)C(CCSC)NC(=O)C(N)Cc1ccccc1)C(C)C)C(=O)O. The highest BCUT2D eigenvalue weighted by molar-refractivity contribution is 7.98. The maximum absolute atomic E-state index is 13.1. The van der Waals surface area contributed by atoms with Gasteiger partial charge in [-0.05, 0) is 54.8 Å². The van der Waals surface area contributed by atoms with E-state index in [0.29, 0.717) is 24.3 Å². The molecule has 0 aliphatic carbocycles. The normalized spacial score (nSPS) is 14.5. The molecular formula is C24H38N4O5S2. The van der Waals surface area contributed by atoms with Crippen molar-refractivity contribution in [3.05, 3.63) is 35.9 Å². The molecule has 0 saturated heterocycles. The fraction of sp³-hybridized carbons (Fsp3) is 0.583. The van der Waals surface area contributed by atoms with Crippen molar-refractivity contribution in [1.29, 1.82) is 0 Å². The van der Waals surface area contributed by atoms with E-state index in [2.05, 4.69) is 16.0 Å². The Kier molecular flexibility index (Phi) is 14.5. The van der Waals surface area contributed by atoms with Gasteiger partial charge in [0.05, 0.1) is 6.04 Å². The van der Waals surface area contributed by atoms with Crippen LogP contribution >= 0.6 is 23.5 Å². The van der Waals surface area contributed by atoms with E-state index in [-0.39, 0.29) is 12.3 Å². The summed E-state index contributed by atoms with van der Waals surface area (Å²) in [5, 5.41) is 17.4. The summed E-state index contributed by atoms with van der Waals surface area (Å²) in [6, 6.07) is 5.64. The van der Waals surface area contributed by atoms with E-state index >= 15 is 0 Å². The van der Waals surface area contributed by atoms with Crippen LogP contribution in [0, 0.1) is 5.92 Å². The highest BCUT2D eigenvalue weighted by Gasteiger charge is 2.31. The number of hydrogen-bond acceptors (Lipinski definition) is 7. The van der Waals surface area contributed by atoms with Crippen molar-refractivity contribution in [2.75, 3.05) is 24.0 Å². The summed E-state index contributed by atoms with van der Waals surface area (Å²) >= 11 is 3.01. The van der Waals surface area contributed by atoms with Gasteiger partial charge in [-0.25, -0.2) is 4.79 Å². The number of nitrogens with two attached hydrogens (primary N) is 1. The van der Waals surface area contributed by atoms with Crippen LogP contribution in [0.4, 0.5) is 0 Å². The standard InChI is InChI=1S/C24H38N4O5S2/c1-15(2)20(23(31)27-19(24(32)33)11-13-35-4)28-22(30)18(10-12-34-3)26-21(29)17(25)14-16-8-6-5-7-9-16/h5-9,15,17-20H,10-14,25H2,1-4H3,(H,26,29)(H,27,31)(H,28,30)(H,32,33). The fourth-order valence-electron chi connectivity index (χ4n) is 3.29. The lowest BCUT2D eigenvalue weighted by molar-refractivity contribution is -0.142. The van der Waals surface area contributed by atoms with Gasteiger partial charge < -0.3 is 26.8 Å². The van der Waals surface area contributed by atoms with Gasteiger partial charge in [0.1, 0.15) is 18.1 Å². The summed E-state index contributed by atoms with van der Waals surface area (Å²) in [6.07, 6.45) is 4.70. The molecular weight excluding hydrogens is 488 g/mol. The molecule has 1 aromatic carbocycles. The molecule has 0 heterocycles. The maximum atomic E-state index is 13.1. The molecule has 4 atom stereocenters. The van der Waals surface area contributed by atoms with Crippen LogP contribution in [0.3, 0.4) is 0 Å². The maximum Gasteiger partial charge on any atom is 0.326 e. The molecule has 0 fully saturated rings. The minimum absolute atomic E-state index is 0.271. The van der Waals surface area contributed by atoms with E-state index in [1.807, 2.05) is 42.8 Å². The van der Waals surface area contributed by atoms with E-state index in [4.69, 9.17) is 5.73 Å². The zero-order valence-corrected chi connectivity index (χ0v) is 22.4. The van der Waals surface area contributed by atoms with E-state index in [1.165, 1.54) is 23.5 Å². The molecule has 0 aliphatic heterocycles. The van der Waals surface area contributed by atoms with Crippen LogP contribution in [-0.2, 0) is 25.6 Å². The predicted octanol–water partition coefficient (Wildman–Crippen LogP) is 1.26. The highest BCUT2D eigenvalue weighted by atomic mass is 32.2. The Hall–Kier alpha value is -2.24. The molecule has 6 N–H and O–H groups in total. The van der Waals surface area contributed by atoms with Gasteiger partial charge in [0.25, 0.3) is 0 Å². The van der Waals surface area contributed by atoms with Crippen LogP contribution in [0.15, 0.2) is 30.3 Å². The molecule has 0 radical (unpaired) electrons. The molecule has 1 aromatic rings. The van der Waals surface area contributed by atoms with Crippen LogP contribution in [0.2, 0.25) is 0 Å². The van der Waals surface area contributed by atoms with Crippen LogP contribution in [0.5, 0.6) is 0 Å². The second kappa shape index (κ2) is 16.4. The molecule has 0 saturated carbocycles. The third-order valence-corrected chi connectivity index (χ3v) is 6.64. The second-order valence-corrected chi connectivity index (χ2v) is 10.5. The largest absolute Gasteiger partial charge is 0.480 e. The monoisotopic (exact) mass is 526 g/mol. The van der Waals surface area contributed by atoms with Gasteiger partial charge in [-0.3, -0.25) is 14.4 Å². The lowest BCUT2D eigenvalue weighted by Gasteiger charge is -2.27. The van der Waals surface area contributed by atoms with Gasteiger partial charge >= 0.3 is 5.97 Å². The number of thioether (sulfide) groups is 2. The smallest absolute Gasteiger partial charge is 0.326 e. The third-order valence-electron chi connectivity index (χ3n) is 5.35. The number of carbonyl (C=O) groups is 4. The molecule has 4 unspecified atom stereocenters. The molecule has 0 bridgehead atoms. The Morgan fingerprint density at radius 3 is 1.91 bits per heavy atom. The molecule has 9 nitrogen and oxygen atoms in total. The first-order chi connectivity index (χ1) is 16.6. The van der Waals surface area contributed by atoms with Crippen LogP contribution < -0.4 is 21.7 Å². The average Bonchev–Trinajstić information content (AvgIpc) is 2.82. The van der Waals surface area contributed by atoms with Gasteiger partial charge in [0.2, 0.25) is 17.7 Å². The van der Waals surface area contributed by atoms with Gasteiger partial charge in [-0.1, -0.05) is 44.2 Å². The van der Waals surface area contributed by atoms with Crippen molar-refractivity contribution in [3.63, 3.8) is 0 Å². The molecule has 0 aromatic heterocycles. The van der Waals surface area contributed by atoms with Crippen LogP contribution in [0.1, 0.15) is 32.3 Å². The second-order valence-electron chi connectivity index (χ2n) is 8.55. The quantitative estimate of drug-likeness (QED) is 0.216. The van der Waals surface area contributed by atoms with E-state index in [9.17, 15) is 24.3 Å². The summed E-state index contributed by atoms with van der Waals surface area (Å²) < 4.78 is 0. The minimum atomic E-state index is -1.13. The molecule has 35 heavy (non-hydrogen) atoms. The topological polar surface area (TPSA) is 151 Å². The van der Waals surface area contributed by atoms with Crippen molar-refractivity contribution in [3.8, 4) is 0 Å². The minimum Gasteiger partial charge on any atom is -0.480 e. The number of carbonyl (C=O) groups excluding carboxylic acids is 3. The van der Waals surface area contributed by atoms with E-state index in [0.717, 1.165) is 5.56 Å². The number of carboxylic acid groups (broad SMARTS) is 1. The number of benzene rings is 1. The first-order valence-electron chi connectivity index (χ1n) is 11.5. The summed E-state index contributed by atoms with van der Waals surface area (Å²) in [4.78, 5) is 50.2. The third kappa shape index (κ3) is 11.4. The average molecular weight is 527 g/mol. The number of hydrogen-bond donors (Lipinski definition) is 5. The van der Waals surface area contributed by atoms with Crippen molar-refractivity contribution >= 4 is 47.2 Å². The van der Waals surface area contributed by atoms with Gasteiger partial charge in [-0.2, -0.15) is 23.5 Å². The lowest BCUT2D eigenvalue weighted by atomic mass is 10.0. The van der Waals surface area contributed by atoms with Crippen LogP contribution in [0.25, 0.3) is 0 Å². The summed E-state index contributed by atoms with van der Waals surface area (Å²) in [5.74, 6) is -1.78. The Balaban J connectivity index is 2.88. The zero-order valence-electron chi connectivity index (χ0n) is 20.8.